The minimum Gasteiger partial charge on any atom is -0.493 e. The van der Waals surface area contributed by atoms with Gasteiger partial charge >= 0.3 is 5.97 Å². The lowest BCUT2D eigenvalue weighted by Crippen LogP contribution is -2.15. The molecule has 0 saturated heterocycles. The molecule has 174 valence electrons. The molecule has 1 aromatic heterocycles. The number of anilines is 1. The van der Waals surface area contributed by atoms with Crippen molar-refractivity contribution in [3.63, 3.8) is 0 Å². The number of ether oxygens (including phenoxy) is 3. The molecule has 0 spiro atoms. The molecule has 0 aliphatic rings. The van der Waals surface area contributed by atoms with Crippen LogP contribution in [0.5, 0.6) is 11.5 Å². The van der Waals surface area contributed by atoms with Gasteiger partial charge in [0, 0.05) is 17.4 Å². The number of aryl methyl sites for hydroxylation is 3. The summed E-state index contributed by atoms with van der Waals surface area (Å²) in [5.41, 5.74) is 5.34. The number of amides is 1. The molecule has 0 bridgehead atoms. The zero-order chi connectivity index (χ0) is 24.0. The standard InChI is InChI=1S/C26H29NO5S/c1-6-32-26(29)24-20(19-10-7-16(2)17(3)13-19)15-33-25(24)27-23(28)12-9-18-8-11-21(30-4)22(14-18)31-5/h7-8,10-11,13-15H,6,9,12H2,1-5H3,(H,27,28). The number of benzene rings is 2. The number of thiophene rings is 1. The molecule has 0 atom stereocenters. The van der Waals surface area contributed by atoms with Crippen LogP contribution in [-0.4, -0.2) is 32.7 Å². The Kier molecular flexibility index (Phi) is 8.11. The van der Waals surface area contributed by atoms with E-state index in [0.29, 0.717) is 28.5 Å². The van der Waals surface area contributed by atoms with E-state index in [9.17, 15) is 9.59 Å². The Balaban J connectivity index is 1.79. The van der Waals surface area contributed by atoms with Crippen molar-refractivity contribution in [2.45, 2.75) is 33.6 Å². The summed E-state index contributed by atoms with van der Waals surface area (Å²) >= 11 is 1.33. The first-order chi connectivity index (χ1) is 15.9. The number of carbonyl (C=O) groups excluding carboxylic acids is 2. The quantitative estimate of drug-likeness (QED) is 0.403. The number of carbonyl (C=O) groups is 2. The van der Waals surface area contributed by atoms with Gasteiger partial charge in [-0.2, -0.15) is 0 Å². The first kappa shape index (κ1) is 24.3. The summed E-state index contributed by atoms with van der Waals surface area (Å²) in [5, 5.41) is 5.30. The smallest absolute Gasteiger partial charge is 0.341 e. The summed E-state index contributed by atoms with van der Waals surface area (Å²) in [7, 11) is 3.16. The second kappa shape index (κ2) is 11.0. The molecule has 3 rings (SSSR count). The van der Waals surface area contributed by atoms with E-state index in [2.05, 4.69) is 5.32 Å². The third kappa shape index (κ3) is 5.73. The molecule has 7 heteroatoms. The highest BCUT2D eigenvalue weighted by Crippen LogP contribution is 2.37. The second-order valence-corrected chi connectivity index (χ2v) is 8.49. The van der Waals surface area contributed by atoms with E-state index >= 15 is 0 Å². The van der Waals surface area contributed by atoms with E-state index in [0.717, 1.165) is 22.3 Å². The number of nitrogens with one attached hydrogen (secondary N) is 1. The molecule has 33 heavy (non-hydrogen) atoms. The van der Waals surface area contributed by atoms with Gasteiger partial charge in [0.05, 0.1) is 20.8 Å². The van der Waals surface area contributed by atoms with Gasteiger partial charge < -0.3 is 19.5 Å². The fourth-order valence-corrected chi connectivity index (χ4v) is 4.43. The van der Waals surface area contributed by atoms with Gasteiger partial charge in [0.2, 0.25) is 5.91 Å². The maximum absolute atomic E-state index is 12.8. The molecule has 2 aromatic carbocycles. The van der Waals surface area contributed by atoms with Crippen LogP contribution in [0.3, 0.4) is 0 Å². The van der Waals surface area contributed by atoms with Crippen LogP contribution in [0.2, 0.25) is 0 Å². The van der Waals surface area contributed by atoms with Crippen LogP contribution in [0.15, 0.2) is 41.8 Å². The minimum absolute atomic E-state index is 0.177. The van der Waals surface area contributed by atoms with Crippen LogP contribution >= 0.6 is 11.3 Å². The molecular formula is C26H29NO5S. The van der Waals surface area contributed by atoms with Gasteiger partial charge in [0.15, 0.2) is 11.5 Å². The Morgan fingerprint density at radius 3 is 2.39 bits per heavy atom. The first-order valence-corrected chi connectivity index (χ1v) is 11.6. The number of hydrogen-bond donors (Lipinski definition) is 1. The van der Waals surface area contributed by atoms with Crippen molar-refractivity contribution < 1.29 is 23.8 Å². The molecule has 0 aliphatic carbocycles. The van der Waals surface area contributed by atoms with Crippen LogP contribution < -0.4 is 14.8 Å². The molecule has 1 N–H and O–H groups in total. The fourth-order valence-electron chi connectivity index (χ4n) is 3.46. The van der Waals surface area contributed by atoms with E-state index in [-0.39, 0.29) is 18.9 Å². The highest BCUT2D eigenvalue weighted by atomic mass is 32.1. The largest absolute Gasteiger partial charge is 0.493 e. The average molecular weight is 468 g/mol. The second-order valence-electron chi connectivity index (χ2n) is 7.61. The monoisotopic (exact) mass is 467 g/mol. The Morgan fingerprint density at radius 2 is 1.73 bits per heavy atom. The lowest BCUT2D eigenvalue weighted by Gasteiger charge is -2.11. The van der Waals surface area contributed by atoms with Gasteiger partial charge in [0.25, 0.3) is 0 Å². The summed E-state index contributed by atoms with van der Waals surface area (Å²) in [4.78, 5) is 25.5. The number of methoxy groups -OCH3 is 2. The average Bonchev–Trinajstić information content (AvgIpc) is 3.22. The Bertz CT molecular complexity index is 1150. The van der Waals surface area contributed by atoms with E-state index < -0.39 is 5.97 Å². The molecular weight excluding hydrogens is 438 g/mol. The van der Waals surface area contributed by atoms with Crippen molar-refractivity contribution in [1.82, 2.24) is 0 Å². The summed E-state index contributed by atoms with van der Waals surface area (Å²) in [6.45, 7) is 6.10. The van der Waals surface area contributed by atoms with Gasteiger partial charge in [0.1, 0.15) is 10.6 Å². The lowest BCUT2D eigenvalue weighted by atomic mass is 9.99. The number of rotatable bonds is 9. The van der Waals surface area contributed by atoms with Gasteiger partial charge in [-0.15, -0.1) is 11.3 Å². The maximum atomic E-state index is 12.8. The van der Waals surface area contributed by atoms with E-state index in [1.165, 1.54) is 16.9 Å². The van der Waals surface area contributed by atoms with E-state index in [1.54, 1.807) is 21.1 Å². The fraction of sp³-hybridized carbons (Fsp3) is 0.308. The van der Waals surface area contributed by atoms with E-state index in [1.807, 2.05) is 55.6 Å². The zero-order valence-corrected chi connectivity index (χ0v) is 20.4. The number of hydrogen-bond acceptors (Lipinski definition) is 6. The molecule has 6 nitrogen and oxygen atoms in total. The van der Waals surface area contributed by atoms with Gasteiger partial charge in [-0.1, -0.05) is 24.3 Å². The molecule has 1 heterocycles. The van der Waals surface area contributed by atoms with Crippen molar-refractivity contribution in [2.75, 3.05) is 26.1 Å². The predicted octanol–water partition coefficient (Wildman–Crippen LogP) is 5.80. The maximum Gasteiger partial charge on any atom is 0.341 e. The molecule has 0 unspecified atom stereocenters. The Labute approximate surface area is 198 Å². The first-order valence-electron chi connectivity index (χ1n) is 10.7. The lowest BCUT2D eigenvalue weighted by molar-refractivity contribution is -0.116. The highest BCUT2D eigenvalue weighted by molar-refractivity contribution is 7.15. The molecule has 3 aromatic rings. The third-order valence-corrected chi connectivity index (χ3v) is 6.33. The van der Waals surface area contributed by atoms with Gasteiger partial charge in [-0.05, 0) is 61.6 Å². The molecule has 0 saturated carbocycles. The van der Waals surface area contributed by atoms with Gasteiger partial charge in [-0.25, -0.2) is 4.79 Å². The normalized spacial score (nSPS) is 10.6. The van der Waals surface area contributed by atoms with Crippen LogP contribution in [0.4, 0.5) is 5.00 Å². The van der Waals surface area contributed by atoms with Crippen molar-refractivity contribution in [3.05, 3.63) is 64.0 Å². The summed E-state index contributed by atoms with van der Waals surface area (Å²) in [5.74, 6) is 0.643. The highest BCUT2D eigenvalue weighted by Gasteiger charge is 2.23. The molecule has 0 aliphatic heterocycles. The van der Waals surface area contributed by atoms with Crippen molar-refractivity contribution >= 4 is 28.2 Å². The molecule has 0 radical (unpaired) electrons. The topological polar surface area (TPSA) is 73.9 Å². The summed E-state index contributed by atoms with van der Waals surface area (Å²) in [6, 6.07) is 11.6. The van der Waals surface area contributed by atoms with Crippen molar-refractivity contribution in [2.24, 2.45) is 0 Å². The zero-order valence-electron chi connectivity index (χ0n) is 19.6. The van der Waals surface area contributed by atoms with Gasteiger partial charge in [-0.3, -0.25) is 4.79 Å². The van der Waals surface area contributed by atoms with Crippen LogP contribution in [0.1, 0.15) is 40.4 Å². The summed E-state index contributed by atoms with van der Waals surface area (Å²) < 4.78 is 15.9. The molecule has 0 fully saturated rings. The van der Waals surface area contributed by atoms with E-state index in [4.69, 9.17) is 14.2 Å². The minimum atomic E-state index is -0.442. The van der Waals surface area contributed by atoms with Crippen LogP contribution in [0.25, 0.3) is 11.1 Å². The third-order valence-electron chi connectivity index (χ3n) is 5.43. The number of esters is 1. The van der Waals surface area contributed by atoms with Crippen LogP contribution in [-0.2, 0) is 16.0 Å². The SMILES string of the molecule is CCOC(=O)c1c(-c2ccc(C)c(C)c2)csc1NC(=O)CCc1ccc(OC)c(OC)c1. The molecule has 1 amide bonds. The van der Waals surface area contributed by atoms with Crippen LogP contribution in [0, 0.1) is 13.8 Å². The van der Waals surface area contributed by atoms with Crippen molar-refractivity contribution in [1.29, 1.82) is 0 Å². The Morgan fingerprint density at radius 1 is 0.970 bits per heavy atom. The van der Waals surface area contributed by atoms with Crippen molar-refractivity contribution in [3.8, 4) is 22.6 Å². The Hall–Kier alpha value is -3.32. The predicted molar refractivity (Wildman–Crippen MR) is 132 cm³/mol. The summed E-state index contributed by atoms with van der Waals surface area (Å²) in [6.07, 6.45) is 0.783.